The molecule has 3 N–H and O–H groups in total. The van der Waals surface area contributed by atoms with E-state index in [2.05, 4.69) is 9.97 Å². The molecule has 2 aromatic carbocycles. The van der Waals surface area contributed by atoms with Crippen molar-refractivity contribution in [3.63, 3.8) is 0 Å². The van der Waals surface area contributed by atoms with Crippen molar-refractivity contribution < 1.29 is 4.74 Å². The fraction of sp³-hybridized carbons (Fsp3) is 0.278. The smallest absolute Gasteiger partial charge is 0.160 e. The third kappa shape index (κ3) is 3.96. The number of aromatic nitrogens is 2. The van der Waals surface area contributed by atoms with Gasteiger partial charge >= 0.3 is 0 Å². The average molecular weight is 332 g/mol. The molecule has 0 saturated carbocycles. The lowest BCUT2D eigenvalue weighted by atomic mass is 10.1. The number of nitrogen functional groups attached to an aromatic ring is 1. The van der Waals surface area contributed by atoms with Crippen LogP contribution in [0.15, 0.2) is 42.5 Å². The van der Waals surface area contributed by atoms with Gasteiger partial charge < -0.3 is 15.5 Å². The summed E-state index contributed by atoms with van der Waals surface area (Å²) < 4.78 is 6.02. The van der Waals surface area contributed by atoms with Crippen LogP contribution in [0.4, 0.5) is 5.69 Å². The van der Waals surface area contributed by atoms with Crippen molar-refractivity contribution in [3.05, 3.63) is 53.3 Å². The Balaban J connectivity index is 0.000000924. The topological polar surface area (TPSA) is 63.9 Å². The number of aromatic amines is 1. The number of imidazole rings is 1. The van der Waals surface area contributed by atoms with Crippen molar-refractivity contribution in [2.75, 3.05) is 5.73 Å². The number of anilines is 1. The van der Waals surface area contributed by atoms with Gasteiger partial charge in [0, 0.05) is 10.7 Å². The predicted molar refractivity (Wildman–Crippen MR) is 97.0 cm³/mol. The molecule has 0 radical (unpaired) electrons. The average Bonchev–Trinajstić information content (AvgIpc) is 2.95. The number of hydrogen-bond acceptors (Lipinski definition) is 3. The number of hydrogen-bond donors (Lipinski definition) is 2. The largest absolute Gasteiger partial charge is 0.480 e. The van der Waals surface area contributed by atoms with Crippen molar-refractivity contribution in [2.24, 2.45) is 0 Å². The lowest BCUT2D eigenvalue weighted by molar-refractivity contribution is 0.0998. The van der Waals surface area contributed by atoms with E-state index < -0.39 is 5.60 Å². The molecule has 5 heteroatoms. The molecule has 0 fully saturated rings. The van der Waals surface area contributed by atoms with E-state index in [9.17, 15) is 0 Å². The van der Waals surface area contributed by atoms with E-state index >= 15 is 0 Å². The highest BCUT2D eigenvalue weighted by molar-refractivity contribution is 6.31. The van der Waals surface area contributed by atoms with Gasteiger partial charge in [-0.05, 0) is 56.3 Å². The third-order valence-corrected chi connectivity index (χ3v) is 3.50. The van der Waals surface area contributed by atoms with Crippen LogP contribution < -0.4 is 10.5 Å². The molecule has 23 heavy (non-hydrogen) atoms. The lowest BCUT2D eigenvalue weighted by Gasteiger charge is -2.24. The summed E-state index contributed by atoms with van der Waals surface area (Å²) >= 11 is 6.00. The first kappa shape index (κ1) is 17.2. The van der Waals surface area contributed by atoms with Crippen LogP contribution in [0.2, 0.25) is 5.02 Å². The van der Waals surface area contributed by atoms with Crippen LogP contribution in [-0.4, -0.2) is 9.97 Å². The number of nitrogens with two attached hydrogens (primary N) is 1. The molecule has 0 unspecified atom stereocenters. The number of nitrogens with one attached hydrogen (secondary N) is 1. The number of nitrogens with zero attached hydrogens (tertiary/aromatic N) is 1. The van der Waals surface area contributed by atoms with Crippen molar-refractivity contribution in [3.8, 4) is 5.75 Å². The van der Waals surface area contributed by atoms with E-state index in [4.69, 9.17) is 22.1 Å². The minimum absolute atomic E-state index is 0.596. The molecular formula is C18H22ClN3O. The van der Waals surface area contributed by atoms with Crippen molar-refractivity contribution in [1.29, 1.82) is 0 Å². The van der Waals surface area contributed by atoms with Crippen LogP contribution in [0.1, 0.15) is 33.5 Å². The summed E-state index contributed by atoms with van der Waals surface area (Å²) in [5, 5.41) is 0.676. The van der Waals surface area contributed by atoms with E-state index in [1.165, 1.54) is 0 Å². The Hall–Kier alpha value is -2.20. The van der Waals surface area contributed by atoms with Gasteiger partial charge in [-0.2, -0.15) is 0 Å². The van der Waals surface area contributed by atoms with Crippen LogP contribution in [-0.2, 0) is 5.60 Å². The van der Waals surface area contributed by atoms with Gasteiger partial charge in [0.25, 0.3) is 0 Å². The highest BCUT2D eigenvalue weighted by atomic mass is 35.5. The highest BCUT2D eigenvalue weighted by Gasteiger charge is 2.26. The van der Waals surface area contributed by atoms with Gasteiger partial charge in [-0.1, -0.05) is 25.4 Å². The van der Waals surface area contributed by atoms with Crippen LogP contribution in [0.5, 0.6) is 5.75 Å². The standard InChI is InChI=1S/C16H16ClN3O.C2H6/c1-16(2,21-12-6-4-11(18)5-7-12)15-19-13-8-3-10(17)9-14(13)20-15;1-2/h3-9H,18H2,1-2H3,(H,19,20);1-2H3. The van der Waals surface area contributed by atoms with Crippen molar-refractivity contribution >= 4 is 28.3 Å². The van der Waals surface area contributed by atoms with Crippen LogP contribution in [0.3, 0.4) is 0 Å². The Labute approximate surface area is 141 Å². The molecule has 0 saturated heterocycles. The summed E-state index contributed by atoms with van der Waals surface area (Å²) in [6, 6.07) is 12.9. The quantitative estimate of drug-likeness (QED) is 0.653. The second-order valence-corrected chi connectivity index (χ2v) is 5.86. The monoisotopic (exact) mass is 331 g/mol. The summed E-state index contributed by atoms with van der Waals surface area (Å²) in [6.45, 7) is 7.92. The molecule has 0 spiro atoms. The summed E-state index contributed by atoms with van der Waals surface area (Å²) in [7, 11) is 0. The van der Waals surface area contributed by atoms with Crippen LogP contribution >= 0.6 is 11.6 Å². The number of rotatable bonds is 3. The molecule has 1 heterocycles. The molecule has 1 aromatic heterocycles. The molecule has 3 rings (SSSR count). The van der Waals surface area contributed by atoms with Gasteiger partial charge in [-0.3, -0.25) is 0 Å². The molecule has 3 aromatic rings. The Morgan fingerprint density at radius 3 is 2.39 bits per heavy atom. The second-order valence-electron chi connectivity index (χ2n) is 5.43. The maximum atomic E-state index is 6.02. The number of ether oxygens (including phenoxy) is 1. The maximum absolute atomic E-state index is 6.02. The summed E-state index contributed by atoms with van der Waals surface area (Å²) in [4.78, 5) is 7.84. The number of benzene rings is 2. The van der Waals surface area contributed by atoms with E-state index in [0.29, 0.717) is 10.7 Å². The molecule has 0 aliphatic rings. The molecule has 0 amide bonds. The van der Waals surface area contributed by atoms with Crippen molar-refractivity contribution in [2.45, 2.75) is 33.3 Å². The number of halogens is 1. The maximum Gasteiger partial charge on any atom is 0.160 e. The van der Waals surface area contributed by atoms with E-state index in [-0.39, 0.29) is 0 Å². The first-order chi connectivity index (χ1) is 10.9. The molecular weight excluding hydrogens is 310 g/mol. The van der Waals surface area contributed by atoms with Crippen LogP contribution in [0.25, 0.3) is 11.0 Å². The SMILES string of the molecule is CC.CC(C)(Oc1ccc(N)cc1)c1nc2ccc(Cl)cc2[nH]1. The highest BCUT2D eigenvalue weighted by Crippen LogP contribution is 2.28. The molecule has 0 aliphatic heterocycles. The molecule has 0 atom stereocenters. The van der Waals surface area contributed by atoms with Gasteiger partial charge in [0.1, 0.15) is 5.75 Å². The zero-order valence-electron chi connectivity index (χ0n) is 13.9. The minimum atomic E-state index is -0.596. The van der Waals surface area contributed by atoms with Gasteiger partial charge in [0.05, 0.1) is 11.0 Å². The zero-order valence-corrected chi connectivity index (χ0v) is 14.6. The Kier molecular flexibility index (Phi) is 5.16. The Morgan fingerprint density at radius 1 is 1.09 bits per heavy atom. The van der Waals surface area contributed by atoms with Gasteiger partial charge in [0.2, 0.25) is 0 Å². The molecule has 4 nitrogen and oxygen atoms in total. The third-order valence-electron chi connectivity index (χ3n) is 3.27. The zero-order chi connectivity index (χ0) is 17.0. The van der Waals surface area contributed by atoms with Gasteiger partial charge in [0.15, 0.2) is 11.4 Å². The van der Waals surface area contributed by atoms with Gasteiger partial charge in [-0.25, -0.2) is 4.98 Å². The number of fused-ring (bicyclic) bond motifs is 1. The van der Waals surface area contributed by atoms with E-state index in [1.807, 2.05) is 70.2 Å². The van der Waals surface area contributed by atoms with Crippen molar-refractivity contribution in [1.82, 2.24) is 9.97 Å². The molecule has 0 bridgehead atoms. The molecule has 122 valence electrons. The summed E-state index contributed by atoms with van der Waals surface area (Å²) in [6.07, 6.45) is 0. The first-order valence-electron chi connectivity index (χ1n) is 7.64. The fourth-order valence-corrected chi connectivity index (χ4v) is 2.32. The Morgan fingerprint density at radius 2 is 1.74 bits per heavy atom. The second kappa shape index (κ2) is 6.92. The lowest BCUT2D eigenvalue weighted by Crippen LogP contribution is -2.26. The normalized spacial score (nSPS) is 11.0. The fourth-order valence-electron chi connectivity index (χ4n) is 2.15. The van der Waals surface area contributed by atoms with E-state index in [0.717, 1.165) is 22.6 Å². The van der Waals surface area contributed by atoms with Gasteiger partial charge in [-0.15, -0.1) is 0 Å². The number of H-pyrrole nitrogens is 1. The Bertz CT molecular complexity index is 779. The predicted octanol–water partition coefficient (Wildman–Crippen LogP) is 5.14. The van der Waals surface area contributed by atoms with E-state index in [1.54, 1.807) is 0 Å². The first-order valence-corrected chi connectivity index (χ1v) is 8.02. The minimum Gasteiger partial charge on any atom is -0.480 e. The summed E-state index contributed by atoms with van der Waals surface area (Å²) in [5.41, 5.74) is 7.55. The summed E-state index contributed by atoms with van der Waals surface area (Å²) in [5.74, 6) is 1.49. The molecule has 0 aliphatic carbocycles. The van der Waals surface area contributed by atoms with Crippen LogP contribution in [0, 0.1) is 0 Å².